The molecule has 0 radical (unpaired) electrons. The monoisotopic (exact) mass is 426 g/mol. The minimum atomic E-state index is -4.38. The first-order valence-corrected chi connectivity index (χ1v) is 9.26. The highest BCUT2D eigenvalue weighted by Crippen LogP contribution is 2.19. The minimum absolute atomic E-state index is 0.0732. The molecule has 0 aliphatic carbocycles. The molecule has 7 nitrogen and oxygen atoms in total. The van der Waals surface area contributed by atoms with Crippen molar-refractivity contribution >= 4 is 11.9 Å². The van der Waals surface area contributed by atoms with Crippen LogP contribution in [0.2, 0.25) is 0 Å². The largest absolute Gasteiger partial charge is 0.484 e. The maximum atomic E-state index is 12.2. The van der Waals surface area contributed by atoms with Crippen molar-refractivity contribution in [3.05, 3.63) is 54.0 Å². The highest BCUT2D eigenvalue weighted by Gasteiger charge is 2.28. The molecule has 0 atom stereocenters. The summed E-state index contributed by atoms with van der Waals surface area (Å²) >= 11 is 0. The maximum Gasteiger partial charge on any atom is 0.422 e. The molecule has 0 aliphatic rings. The first-order chi connectivity index (χ1) is 14.2. The quantitative estimate of drug-likeness (QED) is 0.476. The number of ether oxygens (including phenoxy) is 1. The number of nitrogens with zero attached hydrogens (tertiary/aromatic N) is 2. The fourth-order valence-electron chi connectivity index (χ4n) is 2.28. The van der Waals surface area contributed by atoms with Crippen LogP contribution in [0, 0.1) is 0 Å². The second-order valence-corrected chi connectivity index (χ2v) is 6.61. The summed E-state index contributed by atoms with van der Waals surface area (Å²) in [4.78, 5) is 17.7. The second-order valence-electron chi connectivity index (χ2n) is 6.61. The molecule has 0 saturated heterocycles. The molecule has 1 amide bonds. The minimum Gasteiger partial charge on any atom is -0.484 e. The Bertz CT molecular complexity index is 804. The van der Waals surface area contributed by atoms with Gasteiger partial charge in [-0.05, 0) is 29.8 Å². The number of halogens is 3. The number of hydrogen-bond donors (Lipinski definition) is 2. The van der Waals surface area contributed by atoms with Crippen molar-refractivity contribution in [1.29, 1.82) is 0 Å². The summed E-state index contributed by atoms with van der Waals surface area (Å²) in [5.74, 6) is 1.28. The van der Waals surface area contributed by atoms with Crippen LogP contribution in [0.3, 0.4) is 0 Å². The molecule has 30 heavy (non-hydrogen) atoms. The van der Waals surface area contributed by atoms with E-state index in [1.807, 2.05) is 6.07 Å². The molecule has 10 heteroatoms. The summed E-state index contributed by atoms with van der Waals surface area (Å²) in [7, 11) is 3.32. The van der Waals surface area contributed by atoms with Gasteiger partial charge < -0.3 is 24.7 Å². The number of likely N-dealkylation sites (N-methyl/N-ethyl adjacent to an activating group) is 1. The smallest absolute Gasteiger partial charge is 0.422 e. The maximum absolute atomic E-state index is 12.2. The Morgan fingerprint density at radius 3 is 2.50 bits per heavy atom. The van der Waals surface area contributed by atoms with Crippen molar-refractivity contribution in [3.8, 4) is 5.75 Å². The van der Waals surface area contributed by atoms with Crippen molar-refractivity contribution in [3.63, 3.8) is 0 Å². The van der Waals surface area contributed by atoms with E-state index in [1.165, 1.54) is 17.0 Å². The van der Waals surface area contributed by atoms with Gasteiger partial charge in [0.2, 0.25) is 5.91 Å². The van der Waals surface area contributed by atoms with Gasteiger partial charge in [-0.25, -0.2) is 4.99 Å². The Kier molecular flexibility index (Phi) is 8.57. The van der Waals surface area contributed by atoms with Gasteiger partial charge in [-0.2, -0.15) is 13.2 Å². The highest BCUT2D eigenvalue weighted by atomic mass is 19.4. The average molecular weight is 426 g/mol. The van der Waals surface area contributed by atoms with Gasteiger partial charge >= 0.3 is 6.18 Å². The zero-order valence-electron chi connectivity index (χ0n) is 16.8. The number of carbonyl (C=O) groups excluding carboxylic acids is 1. The number of carbonyl (C=O) groups is 1. The SMILES string of the molecule is CN(C)C(=O)CNC(=NCc1ccc(OCC(F)(F)F)cc1)NCCc1ccco1. The van der Waals surface area contributed by atoms with Crippen molar-refractivity contribution in [2.45, 2.75) is 19.1 Å². The van der Waals surface area contributed by atoms with Gasteiger partial charge in [-0.1, -0.05) is 12.1 Å². The fraction of sp³-hybridized carbons (Fsp3) is 0.400. The molecule has 1 heterocycles. The number of nitrogens with one attached hydrogen (secondary N) is 2. The third kappa shape index (κ3) is 8.89. The van der Waals surface area contributed by atoms with E-state index in [-0.39, 0.29) is 24.7 Å². The van der Waals surface area contributed by atoms with Crippen molar-refractivity contribution in [2.75, 3.05) is 33.8 Å². The van der Waals surface area contributed by atoms with Gasteiger partial charge in [0.05, 0.1) is 19.4 Å². The molecule has 0 aliphatic heterocycles. The number of alkyl halides is 3. The van der Waals surface area contributed by atoms with E-state index in [0.29, 0.717) is 18.9 Å². The molecule has 0 saturated carbocycles. The Balaban J connectivity index is 1.93. The molecule has 164 valence electrons. The van der Waals surface area contributed by atoms with Crippen molar-refractivity contribution < 1.29 is 27.1 Å². The molecule has 1 aromatic heterocycles. The van der Waals surface area contributed by atoms with E-state index in [2.05, 4.69) is 15.6 Å². The van der Waals surface area contributed by atoms with Crippen LogP contribution in [0.25, 0.3) is 0 Å². The Hall–Kier alpha value is -3.17. The number of aliphatic imine (C=N–C) groups is 1. The van der Waals surface area contributed by atoms with Crippen LogP contribution in [0.5, 0.6) is 5.75 Å². The van der Waals surface area contributed by atoms with Gasteiger partial charge in [-0.15, -0.1) is 0 Å². The number of hydrogen-bond acceptors (Lipinski definition) is 4. The Morgan fingerprint density at radius 1 is 1.17 bits per heavy atom. The summed E-state index contributed by atoms with van der Waals surface area (Å²) in [5, 5.41) is 6.10. The van der Waals surface area contributed by atoms with E-state index < -0.39 is 12.8 Å². The molecular formula is C20H25F3N4O3. The van der Waals surface area contributed by atoms with Crippen LogP contribution in [0.15, 0.2) is 52.1 Å². The summed E-state index contributed by atoms with van der Waals surface area (Å²) < 4.78 is 46.6. The lowest BCUT2D eigenvalue weighted by atomic mass is 10.2. The lowest BCUT2D eigenvalue weighted by Crippen LogP contribution is -2.43. The molecule has 2 aromatic rings. The molecule has 0 spiro atoms. The van der Waals surface area contributed by atoms with E-state index in [9.17, 15) is 18.0 Å². The molecule has 1 aromatic carbocycles. The Morgan fingerprint density at radius 2 is 1.90 bits per heavy atom. The number of amides is 1. The predicted molar refractivity (Wildman–Crippen MR) is 106 cm³/mol. The van der Waals surface area contributed by atoms with Crippen LogP contribution in [0.4, 0.5) is 13.2 Å². The highest BCUT2D eigenvalue weighted by molar-refractivity contribution is 5.86. The predicted octanol–water partition coefficient (Wildman–Crippen LogP) is 2.59. The summed E-state index contributed by atoms with van der Waals surface area (Å²) in [6.45, 7) is -0.451. The van der Waals surface area contributed by atoms with Gasteiger partial charge in [-0.3, -0.25) is 4.79 Å². The molecular weight excluding hydrogens is 401 g/mol. The zero-order chi connectivity index (χ0) is 22.0. The lowest BCUT2D eigenvalue weighted by molar-refractivity contribution is -0.153. The van der Waals surface area contributed by atoms with E-state index >= 15 is 0 Å². The topological polar surface area (TPSA) is 79.1 Å². The molecule has 2 rings (SSSR count). The second kappa shape index (κ2) is 11.1. The molecule has 0 bridgehead atoms. The van der Waals surface area contributed by atoms with Crippen molar-refractivity contribution in [1.82, 2.24) is 15.5 Å². The van der Waals surface area contributed by atoms with E-state index in [1.54, 1.807) is 38.6 Å². The van der Waals surface area contributed by atoms with E-state index in [4.69, 9.17) is 9.15 Å². The first kappa shape index (κ1) is 23.1. The number of guanidine groups is 1. The van der Waals surface area contributed by atoms with Gasteiger partial charge in [0.1, 0.15) is 11.5 Å². The van der Waals surface area contributed by atoms with Gasteiger partial charge in [0.25, 0.3) is 0 Å². The molecule has 0 fully saturated rings. The number of furan rings is 1. The summed E-state index contributed by atoms with van der Waals surface area (Å²) in [6.07, 6.45) is -2.14. The number of rotatable bonds is 9. The van der Waals surface area contributed by atoms with Crippen LogP contribution in [-0.4, -0.2) is 56.7 Å². The normalized spacial score (nSPS) is 11.8. The lowest BCUT2D eigenvalue weighted by Gasteiger charge is -2.15. The summed E-state index contributed by atoms with van der Waals surface area (Å²) in [6, 6.07) is 9.87. The zero-order valence-corrected chi connectivity index (χ0v) is 16.8. The van der Waals surface area contributed by atoms with E-state index in [0.717, 1.165) is 11.3 Å². The Labute approximate surface area is 172 Å². The summed E-state index contributed by atoms with van der Waals surface area (Å²) in [5.41, 5.74) is 0.778. The van der Waals surface area contributed by atoms with Crippen LogP contribution in [0.1, 0.15) is 11.3 Å². The third-order valence-corrected chi connectivity index (χ3v) is 3.90. The van der Waals surface area contributed by atoms with Crippen LogP contribution in [-0.2, 0) is 17.8 Å². The molecule has 0 unspecified atom stereocenters. The van der Waals surface area contributed by atoms with Crippen LogP contribution >= 0.6 is 0 Å². The average Bonchev–Trinajstić information content (AvgIpc) is 3.21. The fourth-order valence-corrected chi connectivity index (χ4v) is 2.28. The molecule has 2 N–H and O–H groups in total. The van der Waals surface area contributed by atoms with Crippen LogP contribution < -0.4 is 15.4 Å². The van der Waals surface area contributed by atoms with Gasteiger partial charge in [0.15, 0.2) is 12.6 Å². The van der Waals surface area contributed by atoms with Crippen molar-refractivity contribution in [2.24, 2.45) is 4.99 Å². The first-order valence-electron chi connectivity index (χ1n) is 9.26. The third-order valence-electron chi connectivity index (χ3n) is 3.90. The standard InChI is InChI=1S/C20H25F3N4O3/c1-27(2)18(28)13-26-19(24-10-9-16-4-3-11-29-16)25-12-15-5-7-17(8-6-15)30-14-20(21,22)23/h3-8,11H,9-10,12-14H2,1-2H3,(H2,24,25,26). The number of benzene rings is 1. The van der Waals surface area contributed by atoms with Gasteiger partial charge in [0, 0.05) is 27.1 Å².